The van der Waals surface area contributed by atoms with Crippen LogP contribution in [0.25, 0.3) is 0 Å². The van der Waals surface area contributed by atoms with Crippen LogP contribution < -0.4 is 5.32 Å². The van der Waals surface area contributed by atoms with E-state index in [2.05, 4.69) is 5.32 Å². The topological polar surface area (TPSA) is 75.6 Å². The summed E-state index contributed by atoms with van der Waals surface area (Å²) in [5, 5.41) is 11.2. The number of carboxylic acid groups (broad SMARTS) is 1. The van der Waals surface area contributed by atoms with Crippen molar-refractivity contribution in [3.05, 3.63) is 0 Å². The largest absolute Gasteiger partial charge is 0.480 e. The monoisotopic (exact) mass is 215 g/mol. The maximum atomic E-state index is 11.2. The van der Waals surface area contributed by atoms with Crippen LogP contribution in [0.1, 0.15) is 32.6 Å². The predicted molar refractivity (Wildman–Crippen MR) is 53.5 cm³/mol. The van der Waals surface area contributed by atoms with Gasteiger partial charge in [0, 0.05) is 0 Å². The summed E-state index contributed by atoms with van der Waals surface area (Å²) in [5.41, 5.74) is 0. The Hall–Kier alpha value is -1.26. The van der Waals surface area contributed by atoms with E-state index in [9.17, 15) is 9.59 Å². The number of aliphatic carboxylic acids is 1. The number of rotatable bonds is 6. The molecule has 0 unspecified atom stereocenters. The Morgan fingerprint density at radius 1 is 1.53 bits per heavy atom. The standard InChI is InChI=1S/C10H17NO4/c1-2-3-6-15-10(14)11-8(9(12)13)7-4-5-7/h7-8H,2-6H2,1H3,(H,11,14)(H,12,13)/t8-/m0/s1. The first-order chi connectivity index (χ1) is 7.15. The minimum atomic E-state index is -0.982. The lowest BCUT2D eigenvalue weighted by atomic mass is 10.2. The third-order valence-corrected chi connectivity index (χ3v) is 2.36. The van der Waals surface area contributed by atoms with Gasteiger partial charge in [0.15, 0.2) is 0 Å². The van der Waals surface area contributed by atoms with Crippen LogP contribution in [0.15, 0.2) is 0 Å². The molecule has 1 amide bonds. The van der Waals surface area contributed by atoms with Crippen molar-refractivity contribution in [1.29, 1.82) is 0 Å². The lowest BCUT2D eigenvalue weighted by Gasteiger charge is -2.13. The first-order valence-electron chi connectivity index (χ1n) is 5.31. The van der Waals surface area contributed by atoms with Crippen molar-refractivity contribution in [2.75, 3.05) is 6.61 Å². The van der Waals surface area contributed by atoms with Gasteiger partial charge in [-0.1, -0.05) is 13.3 Å². The van der Waals surface area contributed by atoms with Crippen LogP contribution in [0.3, 0.4) is 0 Å². The number of hydrogen-bond acceptors (Lipinski definition) is 3. The predicted octanol–water partition coefficient (Wildman–Crippen LogP) is 1.38. The van der Waals surface area contributed by atoms with E-state index in [0.717, 1.165) is 25.7 Å². The van der Waals surface area contributed by atoms with Crippen LogP contribution >= 0.6 is 0 Å². The zero-order valence-corrected chi connectivity index (χ0v) is 8.86. The molecule has 5 nitrogen and oxygen atoms in total. The quantitative estimate of drug-likeness (QED) is 0.656. The Bertz CT molecular complexity index is 238. The second-order valence-corrected chi connectivity index (χ2v) is 3.79. The molecule has 15 heavy (non-hydrogen) atoms. The highest BCUT2D eigenvalue weighted by molar-refractivity contribution is 5.80. The molecule has 2 N–H and O–H groups in total. The molecule has 0 aromatic carbocycles. The average molecular weight is 215 g/mol. The number of carbonyl (C=O) groups is 2. The smallest absolute Gasteiger partial charge is 0.407 e. The Labute approximate surface area is 88.8 Å². The first kappa shape index (κ1) is 11.8. The van der Waals surface area contributed by atoms with Gasteiger partial charge in [0.2, 0.25) is 0 Å². The van der Waals surface area contributed by atoms with Gasteiger partial charge in [0.25, 0.3) is 0 Å². The molecule has 1 rings (SSSR count). The van der Waals surface area contributed by atoms with E-state index in [-0.39, 0.29) is 5.92 Å². The average Bonchev–Trinajstić information content (AvgIpc) is 2.97. The summed E-state index contributed by atoms with van der Waals surface area (Å²) in [4.78, 5) is 21.9. The number of carboxylic acids is 1. The summed E-state index contributed by atoms with van der Waals surface area (Å²) in [5.74, 6) is -0.897. The normalized spacial score (nSPS) is 16.9. The van der Waals surface area contributed by atoms with E-state index in [1.165, 1.54) is 0 Å². The number of alkyl carbamates (subject to hydrolysis) is 1. The van der Waals surface area contributed by atoms with Gasteiger partial charge in [-0.3, -0.25) is 0 Å². The van der Waals surface area contributed by atoms with Crippen molar-refractivity contribution in [1.82, 2.24) is 5.32 Å². The van der Waals surface area contributed by atoms with E-state index in [4.69, 9.17) is 9.84 Å². The molecule has 0 spiro atoms. The van der Waals surface area contributed by atoms with Gasteiger partial charge in [0.05, 0.1) is 6.61 Å². The van der Waals surface area contributed by atoms with Crippen molar-refractivity contribution >= 4 is 12.1 Å². The molecule has 1 saturated carbocycles. The number of nitrogens with one attached hydrogen (secondary N) is 1. The van der Waals surface area contributed by atoms with E-state index < -0.39 is 18.1 Å². The fraction of sp³-hybridized carbons (Fsp3) is 0.800. The van der Waals surface area contributed by atoms with Gasteiger partial charge in [0.1, 0.15) is 6.04 Å². The molecular weight excluding hydrogens is 198 g/mol. The van der Waals surface area contributed by atoms with Crippen molar-refractivity contribution in [3.63, 3.8) is 0 Å². The van der Waals surface area contributed by atoms with Gasteiger partial charge in [-0.05, 0) is 25.2 Å². The van der Waals surface area contributed by atoms with Crippen LogP contribution in [0.2, 0.25) is 0 Å². The number of hydrogen-bond donors (Lipinski definition) is 2. The molecule has 0 aliphatic heterocycles. The second-order valence-electron chi connectivity index (χ2n) is 3.79. The number of unbranched alkanes of at least 4 members (excludes halogenated alkanes) is 1. The van der Waals surface area contributed by atoms with Crippen LogP contribution in [0.4, 0.5) is 4.79 Å². The van der Waals surface area contributed by atoms with Gasteiger partial charge < -0.3 is 15.2 Å². The number of ether oxygens (including phenoxy) is 1. The molecule has 0 radical (unpaired) electrons. The van der Waals surface area contributed by atoms with E-state index in [1.54, 1.807) is 0 Å². The summed E-state index contributed by atoms with van der Waals surface area (Å²) in [7, 11) is 0. The van der Waals surface area contributed by atoms with Crippen molar-refractivity contribution in [2.24, 2.45) is 5.92 Å². The Morgan fingerprint density at radius 2 is 2.20 bits per heavy atom. The Balaban J connectivity index is 2.24. The maximum Gasteiger partial charge on any atom is 0.407 e. The second kappa shape index (κ2) is 5.58. The maximum absolute atomic E-state index is 11.2. The fourth-order valence-electron chi connectivity index (χ4n) is 1.29. The van der Waals surface area contributed by atoms with Gasteiger partial charge >= 0.3 is 12.1 Å². The number of amides is 1. The minimum absolute atomic E-state index is 0.0845. The Morgan fingerprint density at radius 3 is 2.67 bits per heavy atom. The zero-order chi connectivity index (χ0) is 11.3. The third kappa shape index (κ3) is 4.18. The molecule has 0 saturated heterocycles. The lowest BCUT2D eigenvalue weighted by molar-refractivity contribution is -0.139. The summed E-state index contributed by atoms with van der Waals surface area (Å²) in [6, 6.07) is -0.779. The van der Waals surface area contributed by atoms with Crippen LogP contribution in [-0.2, 0) is 9.53 Å². The molecule has 86 valence electrons. The van der Waals surface area contributed by atoms with Gasteiger partial charge in [-0.15, -0.1) is 0 Å². The molecule has 0 aromatic heterocycles. The van der Waals surface area contributed by atoms with Gasteiger partial charge in [-0.25, -0.2) is 9.59 Å². The summed E-state index contributed by atoms with van der Waals surface area (Å²) < 4.78 is 4.83. The highest BCUT2D eigenvalue weighted by Crippen LogP contribution is 2.32. The number of carbonyl (C=O) groups excluding carboxylic acids is 1. The molecule has 1 aliphatic rings. The Kier molecular flexibility index (Phi) is 4.39. The minimum Gasteiger partial charge on any atom is -0.480 e. The van der Waals surface area contributed by atoms with Crippen LogP contribution in [0.5, 0.6) is 0 Å². The van der Waals surface area contributed by atoms with Crippen molar-refractivity contribution in [2.45, 2.75) is 38.6 Å². The first-order valence-corrected chi connectivity index (χ1v) is 5.31. The van der Waals surface area contributed by atoms with Crippen LogP contribution in [0, 0.1) is 5.92 Å². The van der Waals surface area contributed by atoms with Crippen molar-refractivity contribution in [3.8, 4) is 0 Å². The van der Waals surface area contributed by atoms with E-state index in [1.807, 2.05) is 6.92 Å². The highest BCUT2D eigenvalue weighted by atomic mass is 16.5. The molecule has 1 atom stereocenters. The zero-order valence-electron chi connectivity index (χ0n) is 8.86. The SMILES string of the molecule is CCCCOC(=O)N[C@H](C(=O)O)C1CC1. The molecule has 0 aromatic rings. The van der Waals surface area contributed by atoms with Gasteiger partial charge in [-0.2, -0.15) is 0 Å². The van der Waals surface area contributed by atoms with E-state index in [0.29, 0.717) is 6.61 Å². The van der Waals surface area contributed by atoms with E-state index >= 15 is 0 Å². The highest BCUT2D eigenvalue weighted by Gasteiger charge is 2.37. The molecule has 1 fully saturated rings. The lowest BCUT2D eigenvalue weighted by Crippen LogP contribution is -2.42. The molecule has 1 aliphatic carbocycles. The molecule has 5 heteroatoms. The van der Waals surface area contributed by atoms with Crippen LogP contribution in [-0.4, -0.2) is 29.8 Å². The molecule has 0 bridgehead atoms. The third-order valence-electron chi connectivity index (χ3n) is 2.36. The summed E-state index contributed by atoms with van der Waals surface area (Å²) >= 11 is 0. The molecular formula is C10H17NO4. The summed E-state index contributed by atoms with van der Waals surface area (Å²) in [6.45, 7) is 2.34. The molecule has 0 heterocycles. The summed E-state index contributed by atoms with van der Waals surface area (Å²) in [6.07, 6.45) is 2.85. The van der Waals surface area contributed by atoms with Crippen molar-refractivity contribution < 1.29 is 19.4 Å². The fourth-order valence-corrected chi connectivity index (χ4v) is 1.29.